The van der Waals surface area contributed by atoms with Crippen LogP contribution in [0.5, 0.6) is 5.75 Å². The molecule has 5 heteroatoms. The molecule has 0 saturated heterocycles. The molecule has 1 atom stereocenters. The topological polar surface area (TPSA) is 64.3 Å². The lowest BCUT2D eigenvalue weighted by molar-refractivity contribution is -0.125. The van der Waals surface area contributed by atoms with Crippen LogP contribution < -0.4 is 15.8 Å². The molecule has 1 amide bonds. The summed E-state index contributed by atoms with van der Waals surface area (Å²) in [6.45, 7) is 6.68. The Bertz CT molecular complexity index is 391. The SMILES string of the molecule is CC(CCOc1ccccc1)C(=O)NCC(C)(C)N.Cl. The number of hydrogen-bond acceptors (Lipinski definition) is 3. The van der Waals surface area contributed by atoms with Gasteiger partial charge in [-0.15, -0.1) is 12.4 Å². The molecule has 1 rings (SSSR count). The van der Waals surface area contributed by atoms with Gasteiger partial charge in [-0.3, -0.25) is 4.79 Å². The van der Waals surface area contributed by atoms with Gasteiger partial charge in [0.1, 0.15) is 5.75 Å². The van der Waals surface area contributed by atoms with Gasteiger partial charge in [-0.25, -0.2) is 0 Å². The second kappa shape index (κ2) is 8.82. The number of amides is 1. The highest BCUT2D eigenvalue weighted by Crippen LogP contribution is 2.10. The van der Waals surface area contributed by atoms with E-state index in [1.165, 1.54) is 0 Å². The summed E-state index contributed by atoms with van der Waals surface area (Å²) in [5.41, 5.74) is 5.44. The molecule has 1 aromatic carbocycles. The van der Waals surface area contributed by atoms with E-state index in [1.807, 2.05) is 51.1 Å². The van der Waals surface area contributed by atoms with Gasteiger partial charge in [-0.1, -0.05) is 25.1 Å². The molecule has 0 bridgehead atoms. The van der Waals surface area contributed by atoms with Gasteiger partial charge in [-0.05, 0) is 32.4 Å². The number of rotatable bonds is 7. The van der Waals surface area contributed by atoms with Crippen LogP contribution in [0.25, 0.3) is 0 Å². The van der Waals surface area contributed by atoms with Crippen molar-refractivity contribution in [2.45, 2.75) is 32.7 Å². The van der Waals surface area contributed by atoms with E-state index in [9.17, 15) is 4.79 Å². The molecule has 0 fully saturated rings. The quantitative estimate of drug-likeness (QED) is 0.812. The number of ether oxygens (including phenoxy) is 1. The number of hydrogen-bond donors (Lipinski definition) is 2. The lowest BCUT2D eigenvalue weighted by Gasteiger charge is -2.20. The van der Waals surface area contributed by atoms with Crippen molar-refractivity contribution in [2.75, 3.05) is 13.2 Å². The highest BCUT2D eigenvalue weighted by atomic mass is 35.5. The van der Waals surface area contributed by atoms with Gasteiger partial charge in [0.05, 0.1) is 6.61 Å². The van der Waals surface area contributed by atoms with Crippen LogP contribution in [0, 0.1) is 5.92 Å². The summed E-state index contributed by atoms with van der Waals surface area (Å²) in [4.78, 5) is 11.8. The van der Waals surface area contributed by atoms with Gasteiger partial charge in [0.25, 0.3) is 0 Å². The summed E-state index contributed by atoms with van der Waals surface area (Å²) < 4.78 is 5.57. The maximum atomic E-state index is 11.8. The molecule has 114 valence electrons. The average Bonchev–Trinajstić information content (AvgIpc) is 2.36. The Morgan fingerprint density at radius 2 is 1.95 bits per heavy atom. The van der Waals surface area contributed by atoms with E-state index in [4.69, 9.17) is 10.5 Å². The number of nitrogens with one attached hydrogen (secondary N) is 1. The molecule has 0 heterocycles. The van der Waals surface area contributed by atoms with E-state index >= 15 is 0 Å². The molecule has 0 aliphatic rings. The van der Waals surface area contributed by atoms with Gasteiger partial charge in [-0.2, -0.15) is 0 Å². The fraction of sp³-hybridized carbons (Fsp3) is 0.533. The first-order valence-corrected chi connectivity index (χ1v) is 6.63. The van der Waals surface area contributed by atoms with Crippen LogP contribution in [-0.4, -0.2) is 24.6 Å². The summed E-state index contributed by atoms with van der Waals surface area (Å²) >= 11 is 0. The molecular weight excluding hydrogens is 276 g/mol. The van der Waals surface area contributed by atoms with Crippen LogP contribution in [0.4, 0.5) is 0 Å². The number of halogens is 1. The third-order valence-corrected chi connectivity index (χ3v) is 2.73. The van der Waals surface area contributed by atoms with Gasteiger partial charge in [0.2, 0.25) is 5.91 Å². The molecule has 0 aliphatic carbocycles. The second-order valence-electron chi connectivity index (χ2n) is 5.56. The lowest BCUT2D eigenvalue weighted by atomic mass is 10.1. The minimum absolute atomic E-state index is 0. The fourth-order valence-electron chi connectivity index (χ4n) is 1.49. The Hall–Kier alpha value is -1.26. The number of para-hydroxylation sites is 1. The molecule has 0 spiro atoms. The van der Waals surface area contributed by atoms with Crippen molar-refractivity contribution in [1.82, 2.24) is 5.32 Å². The molecule has 20 heavy (non-hydrogen) atoms. The molecule has 0 aliphatic heterocycles. The Balaban J connectivity index is 0.00000361. The largest absolute Gasteiger partial charge is 0.494 e. The first-order chi connectivity index (χ1) is 8.88. The van der Waals surface area contributed by atoms with Gasteiger partial charge < -0.3 is 15.8 Å². The average molecular weight is 301 g/mol. The first kappa shape index (κ1) is 18.7. The Morgan fingerprint density at radius 1 is 1.35 bits per heavy atom. The van der Waals surface area contributed by atoms with Crippen LogP contribution in [0.3, 0.4) is 0 Å². The van der Waals surface area contributed by atoms with E-state index in [1.54, 1.807) is 0 Å². The zero-order valence-electron chi connectivity index (χ0n) is 12.4. The van der Waals surface area contributed by atoms with Gasteiger partial charge >= 0.3 is 0 Å². The Labute approximate surface area is 127 Å². The minimum atomic E-state index is -0.379. The van der Waals surface area contributed by atoms with Crippen molar-refractivity contribution in [3.63, 3.8) is 0 Å². The van der Waals surface area contributed by atoms with Crippen molar-refractivity contribution in [3.8, 4) is 5.75 Å². The highest BCUT2D eigenvalue weighted by Gasteiger charge is 2.16. The number of carbonyl (C=O) groups excluding carboxylic acids is 1. The van der Waals surface area contributed by atoms with Crippen LogP contribution in [0.1, 0.15) is 27.2 Å². The zero-order chi connectivity index (χ0) is 14.3. The van der Waals surface area contributed by atoms with Crippen molar-refractivity contribution in [3.05, 3.63) is 30.3 Å². The number of benzene rings is 1. The van der Waals surface area contributed by atoms with E-state index in [0.717, 1.165) is 5.75 Å². The minimum Gasteiger partial charge on any atom is -0.494 e. The molecule has 0 aromatic heterocycles. The third kappa shape index (κ3) is 8.02. The standard InChI is InChI=1S/C15H24N2O2.ClH/c1-12(14(18)17-11-15(2,3)16)9-10-19-13-7-5-4-6-8-13;/h4-8,12H,9-11,16H2,1-3H3,(H,17,18);1H. The van der Waals surface area contributed by atoms with Crippen molar-refractivity contribution < 1.29 is 9.53 Å². The van der Waals surface area contributed by atoms with Crippen LogP contribution in [0.2, 0.25) is 0 Å². The van der Waals surface area contributed by atoms with Crippen molar-refractivity contribution in [1.29, 1.82) is 0 Å². The number of nitrogens with two attached hydrogens (primary N) is 1. The maximum absolute atomic E-state index is 11.8. The van der Waals surface area contributed by atoms with E-state index in [-0.39, 0.29) is 29.8 Å². The summed E-state index contributed by atoms with van der Waals surface area (Å²) in [5.74, 6) is 0.777. The van der Waals surface area contributed by atoms with E-state index in [0.29, 0.717) is 19.6 Å². The van der Waals surface area contributed by atoms with E-state index in [2.05, 4.69) is 5.32 Å². The van der Waals surface area contributed by atoms with Gasteiger partial charge in [0, 0.05) is 18.0 Å². The molecule has 3 N–H and O–H groups in total. The smallest absolute Gasteiger partial charge is 0.223 e. The van der Waals surface area contributed by atoms with Crippen molar-refractivity contribution >= 4 is 18.3 Å². The number of carbonyl (C=O) groups is 1. The normalized spacial score (nSPS) is 12.2. The third-order valence-electron chi connectivity index (χ3n) is 2.73. The first-order valence-electron chi connectivity index (χ1n) is 6.63. The van der Waals surface area contributed by atoms with Crippen LogP contribution in [-0.2, 0) is 4.79 Å². The lowest BCUT2D eigenvalue weighted by Crippen LogP contribution is -2.46. The summed E-state index contributed by atoms with van der Waals surface area (Å²) in [6.07, 6.45) is 0.686. The predicted octanol–water partition coefficient (Wildman–Crippen LogP) is 2.37. The molecule has 4 nitrogen and oxygen atoms in total. The molecule has 1 aromatic rings. The van der Waals surface area contributed by atoms with Gasteiger partial charge in [0.15, 0.2) is 0 Å². The van der Waals surface area contributed by atoms with Crippen LogP contribution in [0.15, 0.2) is 30.3 Å². The van der Waals surface area contributed by atoms with Crippen LogP contribution >= 0.6 is 12.4 Å². The summed E-state index contributed by atoms with van der Waals surface area (Å²) in [7, 11) is 0. The highest BCUT2D eigenvalue weighted by molar-refractivity contribution is 5.85. The molecule has 1 unspecified atom stereocenters. The van der Waals surface area contributed by atoms with E-state index < -0.39 is 0 Å². The predicted molar refractivity (Wildman–Crippen MR) is 84.2 cm³/mol. The van der Waals surface area contributed by atoms with Crippen molar-refractivity contribution in [2.24, 2.45) is 11.7 Å². The Kier molecular flexibility index (Phi) is 8.26. The Morgan fingerprint density at radius 3 is 2.50 bits per heavy atom. The second-order valence-corrected chi connectivity index (χ2v) is 5.56. The summed E-state index contributed by atoms with van der Waals surface area (Å²) in [6, 6.07) is 9.60. The monoisotopic (exact) mass is 300 g/mol. The maximum Gasteiger partial charge on any atom is 0.223 e. The fourth-order valence-corrected chi connectivity index (χ4v) is 1.49. The molecule has 0 radical (unpaired) electrons. The molecular formula is C15H25ClN2O2. The zero-order valence-corrected chi connectivity index (χ0v) is 13.2. The summed E-state index contributed by atoms with van der Waals surface area (Å²) in [5, 5.41) is 2.85. The molecule has 0 saturated carbocycles.